The van der Waals surface area contributed by atoms with Gasteiger partial charge in [0.05, 0.1) is 25.9 Å². The number of benzene rings is 1. The Hall–Kier alpha value is -1.83. The predicted octanol–water partition coefficient (Wildman–Crippen LogP) is 0.990. The topological polar surface area (TPSA) is 86.3 Å². The van der Waals surface area contributed by atoms with Crippen LogP contribution in [0, 0.1) is 0 Å². The van der Waals surface area contributed by atoms with Crippen molar-refractivity contribution in [2.75, 3.05) is 40.5 Å². The molecule has 1 heterocycles. The van der Waals surface area contributed by atoms with Crippen molar-refractivity contribution >= 4 is 5.97 Å². The second-order valence-electron chi connectivity index (χ2n) is 5.62. The molecular formula is C17H25NO6. The first-order chi connectivity index (χ1) is 11.6. The molecule has 1 fully saturated rings. The molecule has 1 aromatic rings. The van der Waals surface area contributed by atoms with Crippen molar-refractivity contribution in [1.29, 1.82) is 0 Å². The van der Waals surface area contributed by atoms with Gasteiger partial charge in [-0.1, -0.05) is 0 Å². The Bertz CT molecular complexity index is 530. The number of aliphatic hydroxyl groups excluding tert-OH is 1. The lowest BCUT2D eigenvalue weighted by Gasteiger charge is -2.16. The van der Waals surface area contributed by atoms with Crippen molar-refractivity contribution in [3.05, 3.63) is 23.8 Å². The summed E-state index contributed by atoms with van der Waals surface area (Å²) in [6.45, 7) is 2.09. The molecule has 7 nitrogen and oxygen atoms in total. The van der Waals surface area contributed by atoms with Crippen molar-refractivity contribution in [2.24, 2.45) is 0 Å². The Balaban J connectivity index is 1.78. The van der Waals surface area contributed by atoms with Crippen molar-refractivity contribution in [3.63, 3.8) is 0 Å². The van der Waals surface area contributed by atoms with Gasteiger partial charge in [-0.2, -0.15) is 0 Å². The van der Waals surface area contributed by atoms with Crippen molar-refractivity contribution in [2.45, 2.75) is 25.0 Å². The lowest BCUT2D eigenvalue weighted by Crippen LogP contribution is -2.35. The fraction of sp³-hybridized carbons (Fsp3) is 0.588. The minimum Gasteiger partial charge on any atom is -0.493 e. The van der Waals surface area contributed by atoms with Crippen molar-refractivity contribution in [3.8, 4) is 11.5 Å². The molecule has 2 rings (SSSR count). The Morgan fingerprint density at radius 1 is 1.42 bits per heavy atom. The number of methoxy groups -OCH3 is 2. The van der Waals surface area contributed by atoms with Crippen LogP contribution >= 0.6 is 0 Å². The molecule has 2 atom stereocenters. The maximum atomic E-state index is 11.5. The minimum absolute atomic E-state index is 0.118. The normalized spacial score (nSPS) is 18.2. The van der Waals surface area contributed by atoms with E-state index in [1.54, 1.807) is 18.2 Å². The monoisotopic (exact) mass is 339 g/mol. The number of carbonyl (C=O) groups is 1. The second-order valence-corrected chi connectivity index (χ2v) is 5.62. The van der Waals surface area contributed by atoms with Gasteiger partial charge in [-0.15, -0.1) is 0 Å². The number of rotatable bonds is 9. The van der Waals surface area contributed by atoms with Crippen LogP contribution in [0.1, 0.15) is 23.2 Å². The molecule has 0 radical (unpaired) electrons. The maximum absolute atomic E-state index is 11.5. The molecule has 24 heavy (non-hydrogen) atoms. The highest BCUT2D eigenvalue weighted by atomic mass is 16.5. The quantitative estimate of drug-likeness (QED) is 0.649. The Morgan fingerprint density at radius 3 is 2.92 bits per heavy atom. The number of hydrogen-bond donors (Lipinski definition) is 2. The van der Waals surface area contributed by atoms with Gasteiger partial charge in [0, 0.05) is 19.7 Å². The fourth-order valence-corrected chi connectivity index (χ4v) is 2.49. The SMILES string of the molecule is COC(=O)c1ccc(OC[C@@H](O)CNC[C@@H]2CCCO2)c(OC)c1. The Morgan fingerprint density at radius 2 is 2.25 bits per heavy atom. The second kappa shape index (κ2) is 9.46. The zero-order valence-corrected chi connectivity index (χ0v) is 14.1. The summed E-state index contributed by atoms with van der Waals surface area (Å²) in [5, 5.41) is 13.2. The van der Waals surface area contributed by atoms with E-state index >= 15 is 0 Å². The van der Waals surface area contributed by atoms with E-state index in [4.69, 9.17) is 14.2 Å². The molecule has 134 valence electrons. The Labute approximate surface area is 141 Å². The van der Waals surface area contributed by atoms with Gasteiger partial charge in [0.1, 0.15) is 12.7 Å². The van der Waals surface area contributed by atoms with E-state index in [2.05, 4.69) is 10.1 Å². The molecule has 0 aliphatic carbocycles. The van der Waals surface area contributed by atoms with E-state index < -0.39 is 12.1 Å². The van der Waals surface area contributed by atoms with Gasteiger partial charge in [-0.3, -0.25) is 0 Å². The zero-order chi connectivity index (χ0) is 17.4. The van der Waals surface area contributed by atoms with Crippen LogP contribution in [-0.4, -0.2) is 63.8 Å². The van der Waals surface area contributed by atoms with Gasteiger partial charge in [0.2, 0.25) is 0 Å². The summed E-state index contributed by atoms with van der Waals surface area (Å²) in [6, 6.07) is 4.76. The van der Waals surface area contributed by atoms with E-state index in [1.807, 2.05) is 0 Å². The van der Waals surface area contributed by atoms with Gasteiger partial charge >= 0.3 is 5.97 Å². The third-order valence-corrected chi connectivity index (χ3v) is 3.79. The molecule has 0 aromatic heterocycles. The summed E-state index contributed by atoms with van der Waals surface area (Å²) in [7, 11) is 2.81. The van der Waals surface area contributed by atoms with Gasteiger partial charge < -0.3 is 29.4 Å². The molecule has 1 aliphatic heterocycles. The molecule has 1 saturated heterocycles. The lowest BCUT2D eigenvalue weighted by molar-refractivity contribution is 0.0599. The standard InChI is InChI=1S/C17H25NO6/c1-21-16-8-12(17(20)22-2)5-6-15(16)24-11-13(19)9-18-10-14-4-3-7-23-14/h5-6,8,13-14,18-19H,3-4,7,9-11H2,1-2H3/t13-,14-/m0/s1. The Kier molecular flexibility index (Phi) is 7.30. The number of carbonyl (C=O) groups excluding carboxylic acids is 1. The van der Waals surface area contributed by atoms with Crippen molar-refractivity contribution < 1.29 is 28.8 Å². The van der Waals surface area contributed by atoms with E-state index in [0.717, 1.165) is 26.0 Å². The smallest absolute Gasteiger partial charge is 0.337 e. The summed E-state index contributed by atoms with van der Waals surface area (Å²) < 4.78 is 21.0. The van der Waals surface area contributed by atoms with Gasteiger partial charge in [0.25, 0.3) is 0 Å². The van der Waals surface area contributed by atoms with Crippen LogP contribution < -0.4 is 14.8 Å². The molecule has 0 saturated carbocycles. The first-order valence-electron chi connectivity index (χ1n) is 8.03. The minimum atomic E-state index is -0.656. The molecule has 7 heteroatoms. The third kappa shape index (κ3) is 5.36. The summed E-state index contributed by atoms with van der Waals surface area (Å²) in [5.74, 6) is 0.430. The average molecular weight is 339 g/mol. The molecular weight excluding hydrogens is 314 g/mol. The number of nitrogens with one attached hydrogen (secondary N) is 1. The van der Waals surface area contributed by atoms with Crippen LogP contribution in [0.4, 0.5) is 0 Å². The summed E-state index contributed by atoms with van der Waals surface area (Å²) in [4.78, 5) is 11.5. The zero-order valence-electron chi connectivity index (χ0n) is 14.1. The third-order valence-electron chi connectivity index (χ3n) is 3.79. The molecule has 2 N–H and O–H groups in total. The van der Waals surface area contributed by atoms with Crippen LogP contribution in [0.15, 0.2) is 18.2 Å². The highest BCUT2D eigenvalue weighted by molar-refractivity contribution is 5.90. The van der Waals surface area contributed by atoms with Gasteiger partial charge in [-0.05, 0) is 31.0 Å². The number of ether oxygens (including phenoxy) is 4. The molecule has 0 amide bonds. The summed E-state index contributed by atoms with van der Waals surface area (Å²) >= 11 is 0. The van der Waals surface area contributed by atoms with Crippen LogP contribution in [0.5, 0.6) is 11.5 Å². The molecule has 0 bridgehead atoms. The largest absolute Gasteiger partial charge is 0.493 e. The number of esters is 1. The van der Waals surface area contributed by atoms with Gasteiger partial charge in [-0.25, -0.2) is 4.79 Å². The summed E-state index contributed by atoms with van der Waals surface area (Å²) in [5.41, 5.74) is 0.375. The number of hydrogen-bond acceptors (Lipinski definition) is 7. The highest BCUT2D eigenvalue weighted by Gasteiger charge is 2.16. The molecule has 1 aromatic carbocycles. The number of aliphatic hydroxyl groups is 1. The van der Waals surface area contributed by atoms with Crippen molar-refractivity contribution in [1.82, 2.24) is 5.32 Å². The van der Waals surface area contributed by atoms with E-state index in [0.29, 0.717) is 23.6 Å². The van der Waals surface area contributed by atoms with Gasteiger partial charge in [0.15, 0.2) is 11.5 Å². The van der Waals surface area contributed by atoms with E-state index in [-0.39, 0.29) is 12.7 Å². The fourth-order valence-electron chi connectivity index (χ4n) is 2.49. The maximum Gasteiger partial charge on any atom is 0.337 e. The predicted molar refractivity (Wildman–Crippen MR) is 87.7 cm³/mol. The van der Waals surface area contributed by atoms with Crippen LogP contribution in [0.25, 0.3) is 0 Å². The van der Waals surface area contributed by atoms with E-state index in [1.165, 1.54) is 14.2 Å². The molecule has 0 spiro atoms. The lowest BCUT2D eigenvalue weighted by atomic mass is 10.2. The van der Waals surface area contributed by atoms with Crippen LogP contribution in [0.2, 0.25) is 0 Å². The molecule has 0 unspecified atom stereocenters. The summed E-state index contributed by atoms with van der Waals surface area (Å²) in [6.07, 6.45) is 1.74. The average Bonchev–Trinajstić information content (AvgIpc) is 3.12. The highest BCUT2D eigenvalue weighted by Crippen LogP contribution is 2.28. The van der Waals surface area contributed by atoms with Crippen LogP contribution in [-0.2, 0) is 9.47 Å². The molecule has 1 aliphatic rings. The van der Waals surface area contributed by atoms with E-state index in [9.17, 15) is 9.90 Å². The first-order valence-corrected chi connectivity index (χ1v) is 8.03. The van der Waals surface area contributed by atoms with Crippen LogP contribution in [0.3, 0.4) is 0 Å². The first kappa shape index (κ1) is 18.5.